The van der Waals surface area contributed by atoms with Crippen molar-refractivity contribution in [3.05, 3.63) is 42.0 Å². The molecule has 0 heterocycles. The summed E-state index contributed by atoms with van der Waals surface area (Å²) in [5.74, 6) is 3.18. The van der Waals surface area contributed by atoms with E-state index in [-0.39, 0.29) is 11.7 Å². The Labute approximate surface area is 118 Å². The smallest absolute Gasteiger partial charge is 0.184 e. The average Bonchev–Trinajstić information content (AvgIpc) is 2.38. The first kappa shape index (κ1) is 14.7. The van der Waals surface area contributed by atoms with Crippen LogP contribution in [0.5, 0.6) is 5.75 Å². The zero-order valence-electron chi connectivity index (χ0n) is 10.4. The third-order valence-electron chi connectivity index (χ3n) is 2.15. The number of benzene rings is 1. The van der Waals surface area contributed by atoms with Crippen LogP contribution in [-0.2, 0) is 6.42 Å². The lowest BCUT2D eigenvalue weighted by molar-refractivity contribution is 0.367. The van der Waals surface area contributed by atoms with Crippen molar-refractivity contribution in [1.82, 2.24) is 5.43 Å². The molecule has 1 aromatic carbocycles. The lowest BCUT2D eigenvalue weighted by Gasteiger charge is -2.09. The molecular weight excluding hydrogens is 258 g/mol. The van der Waals surface area contributed by atoms with Gasteiger partial charge in [-0.25, -0.2) is 0 Å². The summed E-state index contributed by atoms with van der Waals surface area (Å²) < 4.78 is 5.45. The van der Waals surface area contributed by atoms with Crippen LogP contribution < -0.4 is 15.9 Å². The number of nitrogens with two attached hydrogens (primary N) is 1. The molecule has 0 amide bonds. The molecule has 0 aliphatic carbocycles. The Hall–Kier alpha value is -2.32. The van der Waals surface area contributed by atoms with Crippen molar-refractivity contribution in [2.75, 3.05) is 6.61 Å². The SMILES string of the molecule is C#CCOc1ccc(C=NNC(N)=S)cc1CC=C. The molecule has 19 heavy (non-hydrogen) atoms. The van der Waals surface area contributed by atoms with Crippen LogP contribution in [0.3, 0.4) is 0 Å². The molecule has 0 aliphatic heterocycles. The molecule has 98 valence electrons. The van der Waals surface area contributed by atoms with Crippen LogP contribution in [-0.4, -0.2) is 17.9 Å². The van der Waals surface area contributed by atoms with E-state index < -0.39 is 0 Å². The lowest BCUT2D eigenvalue weighted by Crippen LogP contribution is -2.23. The first-order valence-electron chi connectivity index (χ1n) is 5.56. The van der Waals surface area contributed by atoms with Gasteiger partial charge in [0.2, 0.25) is 0 Å². The molecule has 1 aromatic rings. The van der Waals surface area contributed by atoms with E-state index in [9.17, 15) is 0 Å². The third kappa shape index (κ3) is 5.23. The number of allylic oxidation sites excluding steroid dienone is 1. The Kier molecular flexibility index (Phi) is 6.13. The molecule has 0 saturated heterocycles. The summed E-state index contributed by atoms with van der Waals surface area (Å²) in [4.78, 5) is 0. The molecule has 0 saturated carbocycles. The summed E-state index contributed by atoms with van der Waals surface area (Å²) >= 11 is 4.65. The van der Waals surface area contributed by atoms with Gasteiger partial charge in [-0.15, -0.1) is 13.0 Å². The highest BCUT2D eigenvalue weighted by Gasteiger charge is 2.03. The van der Waals surface area contributed by atoms with Crippen molar-refractivity contribution in [3.63, 3.8) is 0 Å². The van der Waals surface area contributed by atoms with Crippen molar-refractivity contribution < 1.29 is 4.74 Å². The molecule has 3 N–H and O–H groups in total. The number of terminal acetylenes is 1. The molecule has 0 spiro atoms. The minimum absolute atomic E-state index is 0.122. The Morgan fingerprint density at radius 2 is 2.42 bits per heavy atom. The number of nitrogens with zero attached hydrogens (tertiary/aromatic N) is 1. The highest BCUT2D eigenvalue weighted by molar-refractivity contribution is 7.80. The number of hydrogen-bond donors (Lipinski definition) is 2. The zero-order chi connectivity index (χ0) is 14.1. The molecule has 0 radical (unpaired) electrons. The Morgan fingerprint density at radius 3 is 3.05 bits per heavy atom. The predicted molar refractivity (Wildman–Crippen MR) is 82.2 cm³/mol. The minimum atomic E-state index is 0.122. The van der Waals surface area contributed by atoms with E-state index in [1.165, 1.54) is 0 Å². The van der Waals surface area contributed by atoms with E-state index >= 15 is 0 Å². The van der Waals surface area contributed by atoms with Gasteiger partial charge in [-0.3, -0.25) is 5.43 Å². The van der Waals surface area contributed by atoms with Crippen molar-refractivity contribution in [3.8, 4) is 18.1 Å². The maximum absolute atomic E-state index is 5.45. The monoisotopic (exact) mass is 273 g/mol. The molecule has 0 bridgehead atoms. The third-order valence-corrected chi connectivity index (χ3v) is 2.24. The van der Waals surface area contributed by atoms with Gasteiger partial charge in [0.15, 0.2) is 5.11 Å². The number of hydrazone groups is 1. The molecule has 0 unspecified atom stereocenters. The number of hydrogen-bond acceptors (Lipinski definition) is 3. The van der Waals surface area contributed by atoms with Crippen LogP contribution in [0, 0.1) is 12.3 Å². The maximum atomic E-state index is 5.45. The first-order chi connectivity index (χ1) is 9.17. The van der Waals surface area contributed by atoms with Crippen LogP contribution >= 0.6 is 12.2 Å². The van der Waals surface area contributed by atoms with E-state index in [0.29, 0.717) is 6.42 Å². The molecule has 0 atom stereocenters. The van der Waals surface area contributed by atoms with Gasteiger partial charge in [-0.05, 0) is 48.0 Å². The number of nitrogens with one attached hydrogen (secondary N) is 1. The molecular formula is C14H15N3OS. The van der Waals surface area contributed by atoms with Gasteiger partial charge in [0.1, 0.15) is 12.4 Å². The molecule has 4 nitrogen and oxygen atoms in total. The Morgan fingerprint density at radius 1 is 1.63 bits per heavy atom. The summed E-state index contributed by atoms with van der Waals surface area (Å²) in [6, 6.07) is 5.65. The summed E-state index contributed by atoms with van der Waals surface area (Å²) in [7, 11) is 0. The molecule has 1 rings (SSSR count). The molecule has 5 heteroatoms. The second-order valence-corrected chi connectivity index (χ2v) is 4.03. The average molecular weight is 273 g/mol. The second kappa shape index (κ2) is 7.90. The number of thiocarbonyl (C=S) groups is 1. The number of rotatable bonds is 6. The fraction of sp³-hybridized carbons (Fsp3) is 0.143. The van der Waals surface area contributed by atoms with Crippen LogP contribution in [0.2, 0.25) is 0 Å². The zero-order valence-corrected chi connectivity index (χ0v) is 11.2. The Bertz CT molecular complexity index is 532. The fourth-order valence-electron chi connectivity index (χ4n) is 1.43. The van der Waals surface area contributed by atoms with Gasteiger partial charge in [-0.1, -0.05) is 12.0 Å². The van der Waals surface area contributed by atoms with E-state index in [0.717, 1.165) is 16.9 Å². The lowest BCUT2D eigenvalue weighted by atomic mass is 10.1. The van der Waals surface area contributed by atoms with Crippen molar-refractivity contribution in [2.24, 2.45) is 10.8 Å². The maximum Gasteiger partial charge on any atom is 0.184 e. The van der Waals surface area contributed by atoms with Crippen LogP contribution in [0.4, 0.5) is 0 Å². The summed E-state index contributed by atoms with van der Waals surface area (Å²) in [5, 5.41) is 4.02. The van der Waals surface area contributed by atoms with E-state index in [4.69, 9.17) is 16.9 Å². The summed E-state index contributed by atoms with van der Waals surface area (Å²) in [6.07, 6.45) is 9.28. The standard InChI is InChI=1S/C14H15N3OS/c1-3-5-12-9-11(10-16-17-14(15)19)6-7-13(12)18-8-4-2/h2-3,6-7,9-10H,1,5,8H2,(H3,15,17,19). The van der Waals surface area contributed by atoms with Crippen LogP contribution in [0.1, 0.15) is 11.1 Å². The van der Waals surface area contributed by atoms with Crippen LogP contribution in [0.25, 0.3) is 0 Å². The molecule has 0 fully saturated rings. The van der Waals surface area contributed by atoms with Gasteiger partial charge in [0.25, 0.3) is 0 Å². The van der Waals surface area contributed by atoms with Gasteiger partial charge in [0.05, 0.1) is 6.21 Å². The first-order valence-corrected chi connectivity index (χ1v) is 5.96. The van der Waals surface area contributed by atoms with Gasteiger partial charge < -0.3 is 10.5 Å². The molecule has 0 aliphatic rings. The minimum Gasteiger partial charge on any atom is -0.481 e. The van der Waals surface area contributed by atoms with Crippen molar-refractivity contribution in [1.29, 1.82) is 0 Å². The van der Waals surface area contributed by atoms with Crippen molar-refractivity contribution >= 4 is 23.5 Å². The quantitative estimate of drug-likeness (QED) is 0.272. The summed E-state index contributed by atoms with van der Waals surface area (Å²) in [5.41, 5.74) is 9.65. The van der Waals surface area contributed by atoms with Gasteiger partial charge in [-0.2, -0.15) is 5.10 Å². The normalized spacial score (nSPS) is 9.84. The van der Waals surface area contributed by atoms with E-state index in [1.54, 1.807) is 12.3 Å². The summed E-state index contributed by atoms with van der Waals surface area (Å²) in [6.45, 7) is 3.95. The Balaban J connectivity index is 2.88. The fourth-order valence-corrected chi connectivity index (χ4v) is 1.48. The van der Waals surface area contributed by atoms with Crippen molar-refractivity contribution in [2.45, 2.75) is 6.42 Å². The highest BCUT2D eigenvalue weighted by Crippen LogP contribution is 2.20. The number of ether oxygens (including phenoxy) is 1. The van der Waals surface area contributed by atoms with Gasteiger partial charge >= 0.3 is 0 Å². The topological polar surface area (TPSA) is 59.6 Å². The van der Waals surface area contributed by atoms with E-state index in [2.05, 4.69) is 35.2 Å². The predicted octanol–water partition coefficient (Wildman–Crippen LogP) is 1.59. The highest BCUT2D eigenvalue weighted by atomic mass is 32.1. The second-order valence-electron chi connectivity index (χ2n) is 3.59. The molecule has 0 aromatic heterocycles. The van der Waals surface area contributed by atoms with Crippen LogP contribution in [0.15, 0.2) is 36.0 Å². The van der Waals surface area contributed by atoms with Gasteiger partial charge in [0, 0.05) is 0 Å². The largest absolute Gasteiger partial charge is 0.481 e. The van der Waals surface area contributed by atoms with E-state index in [1.807, 2.05) is 18.2 Å².